The van der Waals surface area contributed by atoms with Crippen LogP contribution in [-0.4, -0.2) is 31.5 Å². The minimum absolute atomic E-state index is 0.0341. The molecule has 2 rings (SSSR count). The molecule has 1 aromatic rings. The summed E-state index contributed by atoms with van der Waals surface area (Å²) >= 11 is 5.68. The molecular weight excluding hydrogens is 362 g/mol. The third-order valence-electron chi connectivity index (χ3n) is 5.01. The first-order valence-corrected chi connectivity index (χ1v) is 10.5. The van der Waals surface area contributed by atoms with Gasteiger partial charge in [-0.05, 0) is 74.6 Å². The molecule has 27 heavy (non-hydrogen) atoms. The number of hydrogen-bond donors (Lipinski definition) is 1. The minimum atomic E-state index is -0.0341. The van der Waals surface area contributed by atoms with E-state index in [0.29, 0.717) is 24.3 Å². The van der Waals surface area contributed by atoms with Crippen LogP contribution in [0.15, 0.2) is 24.3 Å². The Balaban J connectivity index is 1.84. The van der Waals surface area contributed by atoms with Crippen molar-refractivity contribution in [2.45, 2.75) is 57.9 Å². The number of unbranched alkanes of at least 4 members (excludes halogenated alkanes) is 2. The monoisotopic (exact) mass is 393 g/mol. The molecule has 1 N–H and O–H groups in total. The van der Waals surface area contributed by atoms with Crippen molar-refractivity contribution in [2.75, 3.05) is 19.6 Å². The van der Waals surface area contributed by atoms with Crippen LogP contribution in [0, 0.1) is 5.92 Å². The number of hydrogen-bond acceptors (Lipinski definition) is 3. The number of carbonyl (C=O) groups excluding carboxylic acids is 1. The van der Waals surface area contributed by atoms with Gasteiger partial charge in [0.05, 0.1) is 13.7 Å². The number of benzene rings is 1. The van der Waals surface area contributed by atoms with Crippen molar-refractivity contribution in [1.29, 1.82) is 0 Å². The van der Waals surface area contributed by atoms with Gasteiger partial charge in [-0.1, -0.05) is 13.0 Å². The molecule has 0 aliphatic heterocycles. The number of alkyl halides is 1. The Kier molecular flexibility index (Phi) is 9.54. The van der Waals surface area contributed by atoms with E-state index in [1.807, 2.05) is 24.3 Å². The van der Waals surface area contributed by atoms with Gasteiger partial charge in [0.15, 0.2) is 11.5 Å². The van der Waals surface area contributed by atoms with Gasteiger partial charge in [0.1, 0.15) is 0 Å². The lowest BCUT2D eigenvalue weighted by Gasteiger charge is -2.26. The maximum absolute atomic E-state index is 12.2. The number of halogens is 1. The van der Waals surface area contributed by atoms with Gasteiger partial charge in [0.25, 0.3) is 0 Å². The zero-order valence-corrected chi connectivity index (χ0v) is 17.3. The summed E-state index contributed by atoms with van der Waals surface area (Å²) in [4.78, 5) is 12.2. The van der Waals surface area contributed by atoms with Crippen LogP contribution in [0.3, 0.4) is 0 Å². The van der Waals surface area contributed by atoms with Gasteiger partial charge in [-0.3, -0.25) is 4.79 Å². The van der Waals surface area contributed by atoms with Crippen molar-refractivity contribution < 1.29 is 14.3 Å². The van der Waals surface area contributed by atoms with Crippen molar-refractivity contribution in [2.24, 2.45) is 5.92 Å². The van der Waals surface area contributed by atoms with Crippen LogP contribution in [0.4, 0.5) is 0 Å². The highest BCUT2D eigenvalue weighted by Gasteiger charge is 2.18. The molecule has 0 aromatic heterocycles. The van der Waals surface area contributed by atoms with Crippen LogP contribution in [0.2, 0.25) is 0 Å². The second-order valence-corrected chi connectivity index (χ2v) is 7.69. The van der Waals surface area contributed by atoms with Gasteiger partial charge in [-0.2, -0.15) is 0 Å². The summed E-state index contributed by atoms with van der Waals surface area (Å²) in [6.07, 6.45) is 11.0. The number of rotatable bonds is 10. The molecule has 0 atom stereocenters. The lowest BCUT2D eigenvalue weighted by Crippen LogP contribution is -2.36. The van der Waals surface area contributed by atoms with Crippen LogP contribution in [0.5, 0.6) is 11.5 Å². The molecule has 5 heteroatoms. The van der Waals surface area contributed by atoms with Gasteiger partial charge in [-0.25, -0.2) is 0 Å². The minimum Gasteiger partial charge on any atom is -0.493 e. The summed E-state index contributed by atoms with van der Waals surface area (Å²) in [6.45, 7) is 2.92. The highest BCUT2D eigenvalue weighted by atomic mass is 35.5. The van der Waals surface area contributed by atoms with E-state index in [1.54, 1.807) is 13.2 Å². The predicted molar refractivity (Wildman–Crippen MR) is 112 cm³/mol. The summed E-state index contributed by atoms with van der Waals surface area (Å²) in [7, 11) is 1.62. The lowest BCUT2D eigenvalue weighted by atomic mass is 9.87. The first-order valence-electron chi connectivity index (χ1n) is 9.97. The number of methoxy groups -OCH3 is 1. The molecule has 150 valence electrons. The van der Waals surface area contributed by atoms with Crippen LogP contribution in [-0.2, 0) is 4.79 Å². The van der Waals surface area contributed by atoms with E-state index in [1.165, 1.54) is 12.8 Å². The van der Waals surface area contributed by atoms with Gasteiger partial charge in [0, 0.05) is 18.0 Å². The van der Waals surface area contributed by atoms with Crippen molar-refractivity contribution in [1.82, 2.24) is 5.32 Å². The molecular formula is C22H32ClNO3. The third-order valence-corrected chi connectivity index (χ3v) is 5.28. The third kappa shape index (κ3) is 7.84. The van der Waals surface area contributed by atoms with Crippen LogP contribution < -0.4 is 14.8 Å². The second-order valence-electron chi connectivity index (χ2n) is 7.31. The van der Waals surface area contributed by atoms with Crippen molar-refractivity contribution >= 4 is 23.6 Å². The molecule has 1 aliphatic carbocycles. The van der Waals surface area contributed by atoms with E-state index in [-0.39, 0.29) is 5.91 Å². The summed E-state index contributed by atoms with van der Waals surface area (Å²) in [6, 6.07) is 6.02. The molecule has 0 heterocycles. The van der Waals surface area contributed by atoms with Crippen molar-refractivity contribution in [3.63, 3.8) is 0 Å². The van der Waals surface area contributed by atoms with Gasteiger partial charge >= 0.3 is 0 Å². The first-order chi connectivity index (χ1) is 13.1. The van der Waals surface area contributed by atoms with E-state index in [2.05, 4.69) is 12.2 Å². The van der Waals surface area contributed by atoms with Gasteiger partial charge in [-0.15, -0.1) is 11.6 Å². The Labute approximate surface area is 168 Å². The SMILES string of the molecule is COc1cc(C=CC(=O)NC2CCC(C)CC2)ccc1OCCCCCCl. The fourth-order valence-electron chi connectivity index (χ4n) is 3.29. The second kappa shape index (κ2) is 11.9. The number of nitrogens with one attached hydrogen (secondary N) is 1. The molecule has 1 fully saturated rings. The van der Waals surface area contributed by atoms with E-state index >= 15 is 0 Å². The zero-order chi connectivity index (χ0) is 19.5. The molecule has 1 aliphatic rings. The summed E-state index contributed by atoms with van der Waals surface area (Å²) < 4.78 is 11.2. The van der Waals surface area contributed by atoms with E-state index in [0.717, 1.165) is 49.3 Å². The smallest absolute Gasteiger partial charge is 0.244 e. The Hall–Kier alpha value is -1.68. The number of carbonyl (C=O) groups is 1. The molecule has 1 aromatic carbocycles. The highest BCUT2D eigenvalue weighted by Crippen LogP contribution is 2.29. The average molecular weight is 394 g/mol. The zero-order valence-electron chi connectivity index (χ0n) is 16.5. The van der Waals surface area contributed by atoms with Crippen LogP contribution in [0.25, 0.3) is 6.08 Å². The van der Waals surface area contributed by atoms with E-state index in [4.69, 9.17) is 21.1 Å². The molecule has 0 spiro atoms. The molecule has 0 unspecified atom stereocenters. The van der Waals surface area contributed by atoms with Gasteiger partial charge < -0.3 is 14.8 Å². The standard InChI is InChI=1S/C22H32ClNO3/c1-17-6-10-19(11-7-17)24-22(25)13-9-18-8-12-20(21(16-18)26-2)27-15-5-3-4-14-23/h8-9,12-13,16-17,19H,3-7,10-11,14-15H2,1-2H3,(H,24,25). The maximum Gasteiger partial charge on any atom is 0.244 e. The molecule has 0 radical (unpaired) electrons. The molecule has 0 saturated heterocycles. The van der Waals surface area contributed by atoms with Crippen molar-refractivity contribution in [3.05, 3.63) is 29.8 Å². The average Bonchev–Trinajstić information content (AvgIpc) is 2.68. The fourth-order valence-corrected chi connectivity index (χ4v) is 3.48. The Morgan fingerprint density at radius 2 is 1.96 bits per heavy atom. The Bertz CT molecular complexity index is 610. The summed E-state index contributed by atoms with van der Waals surface area (Å²) in [5, 5.41) is 3.10. The largest absolute Gasteiger partial charge is 0.493 e. The Morgan fingerprint density at radius 3 is 2.67 bits per heavy atom. The van der Waals surface area contributed by atoms with Gasteiger partial charge in [0.2, 0.25) is 5.91 Å². The first kappa shape index (κ1) is 21.6. The maximum atomic E-state index is 12.2. The normalized spacial score (nSPS) is 19.8. The number of ether oxygens (including phenoxy) is 2. The topological polar surface area (TPSA) is 47.6 Å². The van der Waals surface area contributed by atoms with Crippen molar-refractivity contribution in [3.8, 4) is 11.5 Å². The fraction of sp³-hybridized carbons (Fsp3) is 0.591. The van der Waals surface area contributed by atoms with Crippen LogP contribution in [0.1, 0.15) is 57.4 Å². The van der Waals surface area contributed by atoms with E-state index in [9.17, 15) is 4.79 Å². The Morgan fingerprint density at radius 1 is 1.19 bits per heavy atom. The quantitative estimate of drug-likeness (QED) is 0.338. The molecule has 1 amide bonds. The van der Waals surface area contributed by atoms with Crippen LogP contribution >= 0.6 is 11.6 Å². The molecule has 0 bridgehead atoms. The lowest BCUT2D eigenvalue weighted by molar-refractivity contribution is -0.117. The predicted octanol–water partition coefficient (Wildman–Crippen LogP) is 5.19. The molecule has 1 saturated carbocycles. The summed E-state index contributed by atoms with van der Waals surface area (Å²) in [5.74, 6) is 2.84. The highest BCUT2D eigenvalue weighted by molar-refractivity contribution is 6.17. The number of amides is 1. The summed E-state index contributed by atoms with van der Waals surface area (Å²) in [5.41, 5.74) is 0.911. The van der Waals surface area contributed by atoms with E-state index < -0.39 is 0 Å². The molecule has 4 nitrogen and oxygen atoms in total.